The molecule has 0 saturated carbocycles. The smallest absolute Gasteiger partial charge is 0.229 e. The predicted octanol–water partition coefficient (Wildman–Crippen LogP) is 1.98. The van der Waals surface area contributed by atoms with E-state index in [1.54, 1.807) is 37.4 Å². The molecule has 2 aromatic rings. The quantitative estimate of drug-likeness (QED) is 0.899. The van der Waals surface area contributed by atoms with Gasteiger partial charge < -0.3 is 19.5 Å². The number of aliphatic hydroxyl groups is 1. The zero-order valence-electron chi connectivity index (χ0n) is 14.4. The van der Waals surface area contributed by atoms with Crippen molar-refractivity contribution in [2.75, 3.05) is 20.8 Å². The molecular formula is C19H22N2O4. The molecular weight excluding hydrogens is 320 g/mol. The highest BCUT2D eigenvalue weighted by molar-refractivity contribution is 5.79. The summed E-state index contributed by atoms with van der Waals surface area (Å²) < 4.78 is 10.3. The zero-order valence-corrected chi connectivity index (χ0v) is 14.4. The number of ether oxygens (including phenoxy) is 2. The average molecular weight is 342 g/mol. The third kappa shape index (κ3) is 3.91. The van der Waals surface area contributed by atoms with E-state index in [-0.39, 0.29) is 18.4 Å². The highest BCUT2D eigenvalue weighted by Crippen LogP contribution is 2.34. The Morgan fingerprint density at radius 3 is 2.72 bits per heavy atom. The molecule has 1 aromatic carbocycles. The number of aromatic nitrogens is 1. The molecule has 3 rings (SSSR count). The molecule has 1 amide bonds. The monoisotopic (exact) mass is 342 g/mol. The molecule has 2 atom stereocenters. The molecule has 1 aliphatic rings. The maximum Gasteiger partial charge on any atom is 0.229 e. The Labute approximate surface area is 147 Å². The second kappa shape index (κ2) is 7.53. The molecule has 2 unspecified atom stereocenters. The summed E-state index contributed by atoms with van der Waals surface area (Å²) in [7, 11) is 3.19. The van der Waals surface area contributed by atoms with Crippen LogP contribution < -0.4 is 9.47 Å². The first-order valence-electron chi connectivity index (χ1n) is 8.21. The minimum atomic E-state index is -0.524. The zero-order chi connectivity index (χ0) is 17.8. The molecule has 0 spiro atoms. The molecule has 1 aromatic heterocycles. The van der Waals surface area contributed by atoms with Gasteiger partial charge in [-0.05, 0) is 36.2 Å². The van der Waals surface area contributed by atoms with E-state index in [0.717, 1.165) is 11.3 Å². The van der Waals surface area contributed by atoms with Crippen LogP contribution in [-0.2, 0) is 11.2 Å². The van der Waals surface area contributed by atoms with E-state index in [1.165, 1.54) is 0 Å². The molecule has 0 radical (unpaired) electrons. The van der Waals surface area contributed by atoms with Crippen molar-refractivity contribution in [3.63, 3.8) is 0 Å². The summed E-state index contributed by atoms with van der Waals surface area (Å²) >= 11 is 0. The second-order valence-corrected chi connectivity index (χ2v) is 6.09. The lowest BCUT2D eigenvalue weighted by atomic mass is 10.0. The van der Waals surface area contributed by atoms with Gasteiger partial charge in [-0.1, -0.05) is 12.1 Å². The fourth-order valence-electron chi connectivity index (χ4n) is 3.15. The van der Waals surface area contributed by atoms with Gasteiger partial charge in [-0.3, -0.25) is 9.78 Å². The number of benzene rings is 1. The summed E-state index contributed by atoms with van der Waals surface area (Å²) in [5.74, 6) is 1.34. The molecule has 1 aliphatic heterocycles. The first-order chi connectivity index (χ1) is 12.1. The van der Waals surface area contributed by atoms with E-state index < -0.39 is 6.10 Å². The van der Waals surface area contributed by atoms with Crippen molar-refractivity contribution in [1.82, 2.24) is 9.88 Å². The maximum atomic E-state index is 12.8. The second-order valence-electron chi connectivity index (χ2n) is 6.09. The summed E-state index contributed by atoms with van der Waals surface area (Å²) in [5.41, 5.74) is 1.64. The Hall–Kier alpha value is -2.60. The molecule has 1 fully saturated rings. The number of amides is 1. The molecule has 2 heterocycles. The normalized spacial score (nSPS) is 19.7. The molecule has 6 heteroatoms. The lowest BCUT2D eigenvalue weighted by Gasteiger charge is -2.25. The van der Waals surface area contributed by atoms with E-state index in [4.69, 9.17) is 9.47 Å². The number of carbonyl (C=O) groups excluding carboxylic acids is 1. The van der Waals surface area contributed by atoms with Gasteiger partial charge in [0, 0.05) is 12.2 Å². The van der Waals surface area contributed by atoms with Gasteiger partial charge in [0.05, 0.1) is 39.0 Å². The third-order valence-corrected chi connectivity index (χ3v) is 4.44. The van der Waals surface area contributed by atoms with Gasteiger partial charge >= 0.3 is 0 Å². The Kier molecular flexibility index (Phi) is 5.19. The van der Waals surface area contributed by atoms with Crippen LogP contribution in [0, 0.1) is 0 Å². The standard InChI is InChI=1S/C19H22N2O4/c1-24-16-5-3-4-13(8-16)18-10-15(22)12-21(18)19(23)9-14-6-7-17(25-2)11-20-14/h3-8,11,15,18,22H,9-10,12H2,1-2H3. The van der Waals surface area contributed by atoms with Crippen molar-refractivity contribution in [2.45, 2.75) is 25.0 Å². The topological polar surface area (TPSA) is 71.9 Å². The van der Waals surface area contributed by atoms with Gasteiger partial charge in [0.2, 0.25) is 5.91 Å². The van der Waals surface area contributed by atoms with Crippen LogP contribution in [0.3, 0.4) is 0 Å². The van der Waals surface area contributed by atoms with Crippen LogP contribution in [0.5, 0.6) is 11.5 Å². The molecule has 0 bridgehead atoms. The Morgan fingerprint density at radius 1 is 1.24 bits per heavy atom. The lowest BCUT2D eigenvalue weighted by Crippen LogP contribution is -2.33. The first-order valence-corrected chi connectivity index (χ1v) is 8.21. The van der Waals surface area contributed by atoms with Crippen LogP contribution in [0.4, 0.5) is 0 Å². The van der Waals surface area contributed by atoms with Crippen LogP contribution >= 0.6 is 0 Å². The van der Waals surface area contributed by atoms with Crippen molar-refractivity contribution in [3.05, 3.63) is 53.9 Å². The van der Waals surface area contributed by atoms with Gasteiger partial charge in [0.25, 0.3) is 0 Å². The van der Waals surface area contributed by atoms with E-state index in [1.807, 2.05) is 24.3 Å². The fraction of sp³-hybridized carbons (Fsp3) is 0.368. The van der Waals surface area contributed by atoms with E-state index in [2.05, 4.69) is 4.98 Å². The van der Waals surface area contributed by atoms with Gasteiger partial charge in [0.1, 0.15) is 11.5 Å². The van der Waals surface area contributed by atoms with Crippen molar-refractivity contribution in [3.8, 4) is 11.5 Å². The number of nitrogens with zero attached hydrogens (tertiary/aromatic N) is 2. The van der Waals surface area contributed by atoms with Crippen LogP contribution in [0.2, 0.25) is 0 Å². The summed E-state index contributed by atoms with van der Waals surface area (Å²) in [4.78, 5) is 18.7. The van der Waals surface area contributed by atoms with Crippen LogP contribution in [0.15, 0.2) is 42.6 Å². The molecule has 25 heavy (non-hydrogen) atoms. The number of rotatable bonds is 5. The Bertz CT molecular complexity index is 732. The lowest BCUT2D eigenvalue weighted by molar-refractivity contribution is -0.131. The van der Waals surface area contributed by atoms with Gasteiger partial charge in [0.15, 0.2) is 0 Å². The van der Waals surface area contributed by atoms with Crippen LogP contribution in [0.25, 0.3) is 0 Å². The Morgan fingerprint density at radius 2 is 2.04 bits per heavy atom. The number of carbonyl (C=O) groups is 1. The molecule has 1 N–H and O–H groups in total. The average Bonchev–Trinajstić information content (AvgIpc) is 3.04. The van der Waals surface area contributed by atoms with Gasteiger partial charge in [-0.2, -0.15) is 0 Å². The van der Waals surface area contributed by atoms with E-state index >= 15 is 0 Å². The van der Waals surface area contributed by atoms with Gasteiger partial charge in [-0.25, -0.2) is 0 Å². The minimum Gasteiger partial charge on any atom is -0.497 e. The molecule has 1 saturated heterocycles. The summed E-state index contributed by atoms with van der Waals surface area (Å²) in [6.45, 7) is 0.330. The molecule has 132 valence electrons. The maximum absolute atomic E-state index is 12.8. The Balaban J connectivity index is 1.76. The van der Waals surface area contributed by atoms with E-state index in [9.17, 15) is 9.90 Å². The highest BCUT2D eigenvalue weighted by atomic mass is 16.5. The number of methoxy groups -OCH3 is 2. The summed E-state index contributed by atoms with van der Waals surface area (Å²) in [6, 6.07) is 11.0. The number of aliphatic hydroxyl groups excluding tert-OH is 1. The van der Waals surface area contributed by atoms with Gasteiger partial charge in [-0.15, -0.1) is 0 Å². The van der Waals surface area contributed by atoms with Crippen molar-refractivity contribution in [1.29, 1.82) is 0 Å². The number of likely N-dealkylation sites (tertiary alicyclic amines) is 1. The highest BCUT2D eigenvalue weighted by Gasteiger charge is 2.35. The third-order valence-electron chi connectivity index (χ3n) is 4.44. The minimum absolute atomic E-state index is 0.0537. The fourth-order valence-corrected chi connectivity index (χ4v) is 3.15. The number of hydrogen-bond acceptors (Lipinski definition) is 5. The molecule has 6 nitrogen and oxygen atoms in total. The predicted molar refractivity (Wildman–Crippen MR) is 92.6 cm³/mol. The number of β-amino-alcohol motifs (C(OH)–C–C–N with tert-alkyl or cyclic N) is 1. The van der Waals surface area contributed by atoms with E-state index in [0.29, 0.717) is 24.4 Å². The molecule has 0 aliphatic carbocycles. The number of hydrogen-bond donors (Lipinski definition) is 1. The summed E-state index contributed by atoms with van der Waals surface area (Å²) in [5, 5.41) is 10.1. The van der Waals surface area contributed by atoms with Crippen molar-refractivity contribution < 1.29 is 19.4 Å². The van der Waals surface area contributed by atoms with Crippen LogP contribution in [-0.4, -0.2) is 47.8 Å². The largest absolute Gasteiger partial charge is 0.497 e. The number of pyridine rings is 1. The van der Waals surface area contributed by atoms with Crippen molar-refractivity contribution in [2.24, 2.45) is 0 Å². The van der Waals surface area contributed by atoms with Crippen molar-refractivity contribution >= 4 is 5.91 Å². The summed E-state index contributed by atoms with van der Waals surface area (Å²) in [6.07, 6.45) is 1.79. The SMILES string of the molecule is COc1ccc(CC(=O)N2CC(O)CC2c2cccc(OC)c2)nc1. The van der Waals surface area contributed by atoms with Crippen LogP contribution in [0.1, 0.15) is 23.7 Å². The first kappa shape index (κ1) is 17.2.